The minimum Gasteiger partial charge on any atom is -0.393 e. The van der Waals surface area contributed by atoms with Crippen molar-refractivity contribution < 1.29 is 14.3 Å². The van der Waals surface area contributed by atoms with Gasteiger partial charge >= 0.3 is 0 Å². The van der Waals surface area contributed by atoms with Crippen LogP contribution < -0.4 is 5.32 Å². The fraction of sp³-hybridized carbons (Fsp3) is 0.412. The van der Waals surface area contributed by atoms with Crippen LogP contribution in [0.25, 0.3) is 0 Å². The molecule has 0 spiro atoms. The number of nitrogens with zero attached hydrogens (tertiary/aromatic N) is 2. The van der Waals surface area contributed by atoms with E-state index in [1.54, 1.807) is 23.9 Å². The SMILES string of the molecule is Cc1cc(C(=O)N[C@@H](c2cnn(C)c2)C2CC(O)C2)ccc1F. The molecule has 0 aliphatic heterocycles. The Kier molecular flexibility index (Phi) is 4.17. The molecule has 3 rings (SSSR count). The van der Waals surface area contributed by atoms with E-state index in [2.05, 4.69) is 10.4 Å². The first-order valence-electron chi connectivity index (χ1n) is 7.67. The zero-order valence-corrected chi connectivity index (χ0v) is 13.2. The number of aryl methyl sites for hydroxylation is 2. The Morgan fingerprint density at radius 1 is 1.48 bits per heavy atom. The maximum absolute atomic E-state index is 13.4. The summed E-state index contributed by atoms with van der Waals surface area (Å²) in [6.07, 6.45) is 4.60. The van der Waals surface area contributed by atoms with Crippen LogP contribution in [-0.2, 0) is 7.05 Å². The maximum atomic E-state index is 13.4. The average molecular weight is 317 g/mol. The predicted molar refractivity (Wildman–Crippen MR) is 83.3 cm³/mol. The highest BCUT2D eigenvalue weighted by atomic mass is 19.1. The van der Waals surface area contributed by atoms with Crippen molar-refractivity contribution >= 4 is 5.91 Å². The summed E-state index contributed by atoms with van der Waals surface area (Å²) < 4.78 is 15.0. The third kappa shape index (κ3) is 3.27. The second-order valence-corrected chi connectivity index (χ2v) is 6.25. The van der Waals surface area contributed by atoms with Gasteiger partial charge in [-0.05, 0) is 49.4 Å². The van der Waals surface area contributed by atoms with E-state index in [-0.39, 0.29) is 29.8 Å². The molecule has 1 aliphatic rings. The standard InChI is InChI=1S/C17H20FN3O2/c1-10-5-11(3-4-15(10)18)17(23)20-16(12-6-14(22)7-12)13-8-19-21(2)9-13/h3-5,8-9,12,14,16,22H,6-7H2,1-2H3,(H,20,23)/t12?,14?,16-/m1/s1. The number of benzene rings is 1. The van der Waals surface area contributed by atoms with Gasteiger partial charge in [0, 0.05) is 24.4 Å². The summed E-state index contributed by atoms with van der Waals surface area (Å²) in [7, 11) is 1.82. The summed E-state index contributed by atoms with van der Waals surface area (Å²) in [6.45, 7) is 1.63. The number of nitrogens with one attached hydrogen (secondary N) is 1. The van der Waals surface area contributed by atoms with E-state index < -0.39 is 0 Å². The average Bonchev–Trinajstić information content (AvgIpc) is 2.91. The van der Waals surface area contributed by atoms with Crippen molar-refractivity contribution in [2.45, 2.75) is 31.9 Å². The van der Waals surface area contributed by atoms with Gasteiger partial charge in [-0.25, -0.2) is 4.39 Å². The molecule has 1 heterocycles. The van der Waals surface area contributed by atoms with E-state index >= 15 is 0 Å². The molecule has 1 amide bonds. The molecule has 5 nitrogen and oxygen atoms in total. The minimum absolute atomic E-state index is 0.180. The van der Waals surface area contributed by atoms with Crippen LogP contribution in [0.1, 0.15) is 40.4 Å². The van der Waals surface area contributed by atoms with E-state index in [1.807, 2.05) is 13.2 Å². The van der Waals surface area contributed by atoms with Crippen molar-refractivity contribution in [2.24, 2.45) is 13.0 Å². The molecule has 6 heteroatoms. The van der Waals surface area contributed by atoms with Gasteiger partial charge in [-0.3, -0.25) is 9.48 Å². The maximum Gasteiger partial charge on any atom is 0.251 e. The lowest BCUT2D eigenvalue weighted by molar-refractivity contribution is 0.0235. The van der Waals surface area contributed by atoms with E-state index in [1.165, 1.54) is 12.1 Å². The zero-order chi connectivity index (χ0) is 16.6. The van der Waals surface area contributed by atoms with Crippen LogP contribution >= 0.6 is 0 Å². The number of hydrogen-bond donors (Lipinski definition) is 2. The molecule has 1 atom stereocenters. The van der Waals surface area contributed by atoms with Crippen molar-refractivity contribution in [3.63, 3.8) is 0 Å². The molecule has 23 heavy (non-hydrogen) atoms. The second-order valence-electron chi connectivity index (χ2n) is 6.25. The predicted octanol–water partition coefficient (Wildman–Crippen LogP) is 2.11. The lowest BCUT2D eigenvalue weighted by atomic mass is 9.75. The number of rotatable bonds is 4. The van der Waals surface area contributed by atoms with Gasteiger partial charge in [-0.2, -0.15) is 5.10 Å². The van der Waals surface area contributed by atoms with E-state index in [4.69, 9.17) is 0 Å². The summed E-state index contributed by atoms with van der Waals surface area (Å²) in [5.74, 6) is -0.393. The van der Waals surface area contributed by atoms with Crippen LogP contribution in [-0.4, -0.2) is 26.9 Å². The van der Waals surface area contributed by atoms with E-state index in [0.717, 1.165) is 5.56 Å². The molecule has 2 N–H and O–H groups in total. The molecule has 0 radical (unpaired) electrons. The van der Waals surface area contributed by atoms with Gasteiger partial charge in [0.1, 0.15) is 5.82 Å². The normalized spacial score (nSPS) is 21.6. The Bertz CT molecular complexity index is 722. The van der Waals surface area contributed by atoms with Crippen molar-refractivity contribution in [3.8, 4) is 0 Å². The Balaban J connectivity index is 1.80. The largest absolute Gasteiger partial charge is 0.393 e. The lowest BCUT2D eigenvalue weighted by Crippen LogP contribution is -2.41. The lowest BCUT2D eigenvalue weighted by Gasteiger charge is -2.37. The number of aliphatic hydroxyl groups excluding tert-OH is 1. The van der Waals surface area contributed by atoms with Crippen LogP contribution in [0.5, 0.6) is 0 Å². The summed E-state index contributed by atoms with van der Waals surface area (Å²) in [6, 6.07) is 4.12. The fourth-order valence-corrected chi connectivity index (χ4v) is 2.99. The van der Waals surface area contributed by atoms with Crippen molar-refractivity contribution in [2.75, 3.05) is 0 Å². The number of halogens is 1. The number of aliphatic hydroxyl groups is 1. The zero-order valence-electron chi connectivity index (χ0n) is 13.2. The second kappa shape index (κ2) is 6.12. The highest BCUT2D eigenvalue weighted by Crippen LogP contribution is 2.38. The Hall–Kier alpha value is -2.21. The molecular weight excluding hydrogens is 297 g/mol. The molecule has 0 unspecified atom stereocenters. The van der Waals surface area contributed by atoms with Crippen LogP contribution in [0.4, 0.5) is 4.39 Å². The Morgan fingerprint density at radius 3 is 2.78 bits per heavy atom. The number of amides is 1. The van der Waals surface area contributed by atoms with Crippen LogP contribution in [0.15, 0.2) is 30.6 Å². The monoisotopic (exact) mass is 317 g/mol. The first-order chi connectivity index (χ1) is 10.9. The molecule has 0 bridgehead atoms. The van der Waals surface area contributed by atoms with Gasteiger partial charge in [0.05, 0.1) is 18.3 Å². The summed E-state index contributed by atoms with van der Waals surface area (Å²) in [5, 5.41) is 16.7. The molecule has 1 aromatic heterocycles. The molecule has 1 saturated carbocycles. The van der Waals surface area contributed by atoms with Gasteiger partial charge in [0.15, 0.2) is 0 Å². The Morgan fingerprint density at radius 2 is 2.22 bits per heavy atom. The quantitative estimate of drug-likeness (QED) is 0.907. The van der Waals surface area contributed by atoms with Crippen LogP contribution in [0.2, 0.25) is 0 Å². The van der Waals surface area contributed by atoms with Crippen molar-refractivity contribution in [1.82, 2.24) is 15.1 Å². The first kappa shape index (κ1) is 15.7. The number of hydrogen-bond acceptors (Lipinski definition) is 3. The first-order valence-corrected chi connectivity index (χ1v) is 7.67. The Labute approximate surface area is 134 Å². The van der Waals surface area contributed by atoms with Gasteiger partial charge in [-0.15, -0.1) is 0 Å². The van der Waals surface area contributed by atoms with Gasteiger partial charge in [0.2, 0.25) is 0 Å². The number of aromatic nitrogens is 2. The topological polar surface area (TPSA) is 67.2 Å². The van der Waals surface area contributed by atoms with Crippen molar-refractivity contribution in [1.29, 1.82) is 0 Å². The molecule has 1 fully saturated rings. The molecule has 1 aromatic carbocycles. The van der Waals surface area contributed by atoms with E-state index in [0.29, 0.717) is 24.0 Å². The molecule has 122 valence electrons. The van der Waals surface area contributed by atoms with E-state index in [9.17, 15) is 14.3 Å². The molecule has 2 aromatic rings. The van der Waals surface area contributed by atoms with Gasteiger partial charge < -0.3 is 10.4 Å². The molecular formula is C17H20FN3O2. The summed E-state index contributed by atoms with van der Waals surface area (Å²) in [5.41, 5.74) is 1.78. The molecule has 0 saturated heterocycles. The third-order valence-corrected chi connectivity index (χ3v) is 4.41. The van der Waals surface area contributed by atoms with Gasteiger partial charge in [-0.1, -0.05) is 0 Å². The van der Waals surface area contributed by atoms with Crippen molar-refractivity contribution in [3.05, 3.63) is 53.1 Å². The highest BCUT2D eigenvalue weighted by Gasteiger charge is 2.36. The van der Waals surface area contributed by atoms with Crippen LogP contribution in [0, 0.1) is 18.7 Å². The van der Waals surface area contributed by atoms with Gasteiger partial charge in [0.25, 0.3) is 5.91 Å². The number of carbonyl (C=O) groups excluding carboxylic acids is 1. The smallest absolute Gasteiger partial charge is 0.251 e. The fourth-order valence-electron chi connectivity index (χ4n) is 2.99. The summed E-state index contributed by atoms with van der Waals surface area (Å²) >= 11 is 0. The number of carbonyl (C=O) groups is 1. The van der Waals surface area contributed by atoms with Crippen LogP contribution in [0.3, 0.4) is 0 Å². The third-order valence-electron chi connectivity index (χ3n) is 4.41. The summed E-state index contributed by atoms with van der Waals surface area (Å²) in [4.78, 5) is 12.5. The molecule has 1 aliphatic carbocycles. The highest BCUT2D eigenvalue weighted by molar-refractivity contribution is 5.94. The minimum atomic E-state index is -0.326.